The summed E-state index contributed by atoms with van der Waals surface area (Å²) in [4.78, 5) is 10.0. The Labute approximate surface area is 220 Å². The van der Waals surface area contributed by atoms with Crippen molar-refractivity contribution < 1.29 is 59.9 Å². The first-order chi connectivity index (χ1) is 14.3. The first-order valence-electron chi connectivity index (χ1n) is 10.9. The summed E-state index contributed by atoms with van der Waals surface area (Å²) in [6, 6.07) is 21.3. The third kappa shape index (κ3) is 4.21. The number of rotatable bonds is 4. The fourth-order valence-corrected chi connectivity index (χ4v) is 5.28. The van der Waals surface area contributed by atoms with Crippen molar-refractivity contribution in [3.63, 3.8) is 0 Å². The van der Waals surface area contributed by atoms with Crippen LogP contribution in [0.25, 0.3) is 0 Å². The molecule has 2 aromatic rings. The Morgan fingerprint density at radius 3 is 1.34 bits per heavy atom. The maximum atomic E-state index is 6.46. The molecular formula is C25H26Br2N2NiO2. The molecule has 7 heteroatoms. The molecular weight excluding hydrogens is 579 g/mol. The second-order valence-electron chi connectivity index (χ2n) is 8.89. The molecule has 2 aliphatic carbocycles. The van der Waals surface area contributed by atoms with Crippen molar-refractivity contribution in [3.05, 3.63) is 71.8 Å². The van der Waals surface area contributed by atoms with Crippen LogP contribution in [0.5, 0.6) is 0 Å². The molecule has 0 aromatic heterocycles. The summed E-state index contributed by atoms with van der Waals surface area (Å²) in [6.07, 6.45) is 7.28. The zero-order valence-electron chi connectivity index (χ0n) is 17.7. The van der Waals surface area contributed by atoms with E-state index in [-0.39, 0.29) is 73.7 Å². The third-order valence-electron chi connectivity index (χ3n) is 7.12. The summed E-state index contributed by atoms with van der Waals surface area (Å²) in [5, 5.41) is 0. The molecule has 32 heavy (non-hydrogen) atoms. The zero-order chi connectivity index (χ0) is 19.3. The minimum absolute atomic E-state index is 0. The normalized spacial score (nSPS) is 25.5. The van der Waals surface area contributed by atoms with Crippen LogP contribution in [-0.2, 0) is 26.0 Å². The summed E-state index contributed by atoms with van der Waals surface area (Å²) in [5.41, 5.74) is 2.19. The molecule has 2 fully saturated rings. The monoisotopic (exact) mass is 602 g/mol. The Balaban J connectivity index is 0.000000963. The number of hydrogen-bond acceptors (Lipinski definition) is 4. The van der Waals surface area contributed by atoms with E-state index in [1.54, 1.807) is 0 Å². The van der Waals surface area contributed by atoms with Crippen LogP contribution in [0.4, 0.5) is 0 Å². The molecule has 0 bridgehead atoms. The minimum Gasteiger partial charge on any atom is -1.00 e. The van der Waals surface area contributed by atoms with Gasteiger partial charge in [-0.05, 0) is 49.7 Å². The Morgan fingerprint density at radius 1 is 0.656 bits per heavy atom. The van der Waals surface area contributed by atoms with Gasteiger partial charge < -0.3 is 43.4 Å². The van der Waals surface area contributed by atoms with Gasteiger partial charge in [-0.25, -0.2) is 9.98 Å². The fraction of sp³-hybridized carbons (Fsp3) is 0.440. The van der Waals surface area contributed by atoms with Gasteiger partial charge in [0.15, 0.2) is 11.8 Å². The Kier molecular flexibility index (Phi) is 7.95. The number of nitrogens with zero attached hydrogens (tertiary/aromatic N) is 2. The van der Waals surface area contributed by atoms with E-state index in [1.807, 2.05) is 0 Å². The van der Waals surface area contributed by atoms with Crippen LogP contribution in [0, 0.1) is 0 Å². The van der Waals surface area contributed by atoms with Gasteiger partial charge in [0.05, 0.1) is 6.42 Å². The van der Waals surface area contributed by atoms with Crippen LogP contribution in [0.3, 0.4) is 0 Å². The molecule has 0 radical (unpaired) electrons. The molecule has 2 spiro atoms. The molecule has 4 aliphatic rings. The number of benzene rings is 2. The first kappa shape index (κ1) is 25.5. The molecule has 0 N–H and O–H groups in total. The van der Waals surface area contributed by atoms with Crippen LogP contribution in [0.1, 0.15) is 68.2 Å². The minimum atomic E-state index is -0.150. The SMILES string of the molecule is [Br-].[Br-].[Ni+2].c1ccc([C@H]2N=C(CC3=N[C@H](c4ccccc4)C4(CCC4)O3)OC23CCC3)cc1. The standard InChI is InChI=1S/C25H26N2O2.2BrH.Ni/c1-3-9-18(10-4-1)22-24(13-7-14-24)28-20(26-22)17-21-27-23(19-11-5-2-6-12-19)25(29-21)15-8-16-25;;;/h1-6,9-12,22-23H,7-8,13-17H2;2*1H;/q;;;+2/p-2/t22-,23-;;;/m1.../s1. The van der Waals surface area contributed by atoms with E-state index >= 15 is 0 Å². The summed E-state index contributed by atoms with van der Waals surface area (Å²) in [6.45, 7) is 0. The van der Waals surface area contributed by atoms with E-state index in [0.29, 0.717) is 6.42 Å². The average molecular weight is 605 g/mol. The fourth-order valence-electron chi connectivity index (χ4n) is 5.28. The van der Waals surface area contributed by atoms with Gasteiger partial charge in [-0.3, -0.25) is 0 Å². The summed E-state index contributed by atoms with van der Waals surface area (Å²) in [5.74, 6) is 1.58. The van der Waals surface area contributed by atoms with Gasteiger partial charge in [0.1, 0.15) is 23.3 Å². The van der Waals surface area contributed by atoms with Crippen LogP contribution in [0.2, 0.25) is 0 Å². The Bertz CT molecular complexity index is 896. The van der Waals surface area contributed by atoms with Gasteiger partial charge >= 0.3 is 16.5 Å². The van der Waals surface area contributed by atoms with Gasteiger partial charge in [0, 0.05) is 0 Å². The summed E-state index contributed by atoms with van der Waals surface area (Å²) >= 11 is 0. The first-order valence-corrected chi connectivity index (χ1v) is 10.9. The molecule has 172 valence electrons. The largest absolute Gasteiger partial charge is 2.00 e. The van der Waals surface area contributed by atoms with Gasteiger partial charge in [-0.2, -0.15) is 0 Å². The Hall–Kier alpha value is -1.17. The number of aliphatic imine (C=N–C) groups is 2. The van der Waals surface area contributed by atoms with Gasteiger partial charge in [0.2, 0.25) is 0 Å². The van der Waals surface area contributed by atoms with Crippen molar-refractivity contribution in [1.82, 2.24) is 0 Å². The molecule has 0 amide bonds. The average Bonchev–Trinajstić information content (AvgIpc) is 3.29. The number of ether oxygens (including phenoxy) is 2. The molecule has 6 rings (SSSR count). The van der Waals surface area contributed by atoms with Crippen molar-refractivity contribution in [2.24, 2.45) is 9.98 Å². The van der Waals surface area contributed by atoms with Gasteiger partial charge in [-0.15, -0.1) is 0 Å². The summed E-state index contributed by atoms with van der Waals surface area (Å²) in [7, 11) is 0. The molecule has 2 saturated carbocycles. The topological polar surface area (TPSA) is 43.2 Å². The van der Waals surface area contributed by atoms with Crippen LogP contribution >= 0.6 is 0 Å². The molecule has 2 heterocycles. The molecule has 2 aromatic carbocycles. The predicted octanol–water partition coefficient (Wildman–Crippen LogP) is -0.433. The van der Waals surface area contributed by atoms with Gasteiger partial charge in [-0.1, -0.05) is 60.7 Å². The van der Waals surface area contributed by atoms with E-state index in [9.17, 15) is 0 Å². The van der Waals surface area contributed by atoms with Crippen LogP contribution < -0.4 is 34.0 Å². The number of hydrogen-bond donors (Lipinski definition) is 0. The quantitative estimate of drug-likeness (QED) is 0.445. The smallest absolute Gasteiger partial charge is 1.00 e. The molecule has 0 saturated heterocycles. The Morgan fingerprint density at radius 2 is 1.03 bits per heavy atom. The molecule has 2 aliphatic heterocycles. The molecule has 2 atom stereocenters. The second kappa shape index (κ2) is 9.99. The molecule has 0 unspecified atom stereocenters. The second-order valence-corrected chi connectivity index (χ2v) is 8.89. The van der Waals surface area contributed by atoms with Gasteiger partial charge in [0.25, 0.3) is 0 Å². The van der Waals surface area contributed by atoms with Crippen LogP contribution in [-0.4, -0.2) is 23.0 Å². The molecule has 4 nitrogen and oxygen atoms in total. The zero-order valence-corrected chi connectivity index (χ0v) is 21.8. The van der Waals surface area contributed by atoms with Crippen molar-refractivity contribution in [3.8, 4) is 0 Å². The van der Waals surface area contributed by atoms with E-state index < -0.39 is 0 Å². The maximum Gasteiger partial charge on any atom is 2.00 e. The summed E-state index contributed by atoms with van der Waals surface area (Å²) < 4.78 is 12.9. The number of halogens is 2. The van der Waals surface area contributed by atoms with Crippen molar-refractivity contribution in [2.45, 2.75) is 68.2 Å². The van der Waals surface area contributed by atoms with Crippen molar-refractivity contribution in [1.29, 1.82) is 0 Å². The van der Waals surface area contributed by atoms with E-state index in [4.69, 9.17) is 19.5 Å². The van der Waals surface area contributed by atoms with E-state index in [2.05, 4.69) is 60.7 Å². The maximum absolute atomic E-state index is 6.46. The van der Waals surface area contributed by atoms with Crippen LogP contribution in [0.15, 0.2) is 70.6 Å². The van der Waals surface area contributed by atoms with E-state index in [0.717, 1.165) is 37.5 Å². The van der Waals surface area contributed by atoms with Crippen molar-refractivity contribution in [2.75, 3.05) is 0 Å². The predicted molar refractivity (Wildman–Crippen MR) is 113 cm³/mol. The van der Waals surface area contributed by atoms with Crippen molar-refractivity contribution >= 4 is 11.8 Å². The van der Waals surface area contributed by atoms with E-state index in [1.165, 1.54) is 24.0 Å². The third-order valence-corrected chi connectivity index (χ3v) is 7.12.